The summed E-state index contributed by atoms with van der Waals surface area (Å²) in [6.07, 6.45) is 3.18. The van der Waals surface area contributed by atoms with Crippen LogP contribution in [-0.2, 0) is 11.3 Å². The summed E-state index contributed by atoms with van der Waals surface area (Å²) in [4.78, 5) is 34.3. The number of rotatable bonds is 8. The number of likely N-dealkylation sites (tertiary alicyclic amines) is 1. The molecule has 0 aromatic carbocycles. The molecule has 3 rings (SSSR count). The molecule has 26 heavy (non-hydrogen) atoms. The van der Waals surface area contributed by atoms with Crippen molar-refractivity contribution in [1.29, 1.82) is 0 Å². The summed E-state index contributed by atoms with van der Waals surface area (Å²) in [6, 6.07) is -0.829. The number of aliphatic carboxylic acids is 1. The van der Waals surface area contributed by atoms with Crippen LogP contribution >= 0.6 is 11.8 Å². The van der Waals surface area contributed by atoms with Gasteiger partial charge in [-0.2, -0.15) is 11.8 Å². The van der Waals surface area contributed by atoms with E-state index in [0.717, 1.165) is 17.9 Å². The minimum Gasteiger partial charge on any atom is -0.480 e. The molecule has 0 radical (unpaired) electrons. The Hall–Kier alpha value is -1.88. The van der Waals surface area contributed by atoms with Crippen molar-refractivity contribution in [3.8, 4) is 0 Å². The summed E-state index contributed by atoms with van der Waals surface area (Å²) in [5, 5.41) is 19.1. The molecule has 0 aliphatic carbocycles. The quantitative estimate of drug-likeness (QED) is 0.387. The number of aliphatic hydroxyl groups is 1. The fraction of sp³-hybridized carbons (Fsp3) is 0.562. The van der Waals surface area contributed by atoms with Crippen molar-refractivity contribution >= 4 is 28.8 Å². The molecule has 1 aliphatic heterocycles. The lowest BCUT2D eigenvalue weighted by Crippen LogP contribution is -2.30. The van der Waals surface area contributed by atoms with E-state index in [2.05, 4.69) is 19.9 Å². The first kappa shape index (κ1) is 18.9. The highest BCUT2D eigenvalue weighted by molar-refractivity contribution is 7.99. The molecule has 6 N–H and O–H groups in total. The number of H-pyrrole nitrogens is 2. The number of aliphatic hydroxyl groups excluding tert-OH is 1. The highest BCUT2D eigenvalue weighted by Crippen LogP contribution is 2.24. The van der Waals surface area contributed by atoms with Gasteiger partial charge in [0.2, 0.25) is 0 Å². The maximum Gasteiger partial charge on any atom is 0.320 e. The van der Waals surface area contributed by atoms with Crippen molar-refractivity contribution in [3.63, 3.8) is 0 Å². The second-order valence-electron chi connectivity index (χ2n) is 6.60. The van der Waals surface area contributed by atoms with Gasteiger partial charge in [0, 0.05) is 37.3 Å². The summed E-state index contributed by atoms with van der Waals surface area (Å²) in [6.45, 7) is 1.92. The van der Waals surface area contributed by atoms with E-state index in [0.29, 0.717) is 36.3 Å². The molecule has 1 saturated heterocycles. The number of nitrogens with two attached hydrogens (primary N) is 1. The maximum atomic E-state index is 11.7. The molecule has 0 bridgehead atoms. The molecule has 1 aliphatic rings. The molecular formula is C16H23N5O4S. The first-order valence-electron chi connectivity index (χ1n) is 8.46. The van der Waals surface area contributed by atoms with Gasteiger partial charge >= 0.3 is 5.97 Å². The van der Waals surface area contributed by atoms with Gasteiger partial charge in [0.15, 0.2) is 0 Å². The number of hydrogen-bond acceptors (Lipinski definition) is 7. The van der Waals surface area contributed by atoms with Crippen molar-refractivity contribution in [2.24, 2.45) is 11.7 Å². The number of thioether (sulfide) groups is 1. The summed E-state index contributed by atoms with van der Waals surface area (Å²) >= 11 is 1.62. The molecule has 3 atom stereocenters. The van der Waals surface area contributed by atoms with E-state index in [1.165, 1.54) is 6.33 Å². The lowest BCUT2D eigenvalue weighted by molar-refractivity contribution is -0.138. The SMILES string of the molecule is N[C@@H](CCSC[C@H]1CN(Cc2c[nH]c3c(=O)[nH]cnc23)C[C@H]1O)C(=O)O. The standard InChI is InChI=1S/C16H23N5O4S/c17-11(16(24)25)1-2-26-7-10-5-21(6-12(10)22)4-9-3-18-14-13(9)19-8-20-15(14)23/h3,8,10-12,18,22H,1-2,4-7,17H2,(H,24,25)(H,19,20,23)/t10-,11+,12-/m1/s1. The molecule has 2 aromatic heterocycles. The van der Waals surface area contributed by atoms with Crippen LogP contribution in [0.3, 0.4) is 0 Å². The minimum atomic E-state index is -0.983. The summed E-state index contributed by atoms with van der Waals surface area (Å²) in [5.41, 5.74) is 7.34. The summed E-state index contributed by atoms with van der Waals surface area (Å²) < 4.78 is 0. The van der Waals surface area contributed by atoms with Crippen LogP contribution in [-0.4, -0.2) is 72.8 Å². The highest BCUT2D eigenvalue weighted by atomic mass is 32.2. The molecule has 9 nitrogen and oxygen atoms in total. The average molecular weight is 381 g/mol. The zero-order valence-corrected chi connectivity index (χ0v) is 15.0. The number of hydrogen-bond donors (Lipinski definition) is 5. The van der Waals surface area contributed by atoms with Crippen molar-refractivity contribution < 1.29 is 15.0 Å². The Kier molecular flexibility index (Phi) is 5.97. The smallest absolute Gasteiger partial charge is 0.320 e. The lowest BCUT2D eigenvalue weighted by atomic mass is 10.1. The number of aromatic nitrogens is 3. The van der Waals surface area contributed by atoms with E-state index in [4.69, 9.17) is 10.8 Å². The van der Waals surface area contributed by atoms with Crippen LogP contribution < -0.4 is 11.3 Å². The number of carboxylic acid groups (broad SMARTS) is 1. The topological polar surface area (TPSA) is 148 Å². The van der Waals surface area contributed by atoms with Gasteiger partial charge in [0.05, 0.1) is 17.9 Å². The third-order valence-corrected chi connectivity index (χ3v) is 5.83. The molecule has 0 unspecified atom stereocenters. The van der Waals surface area contributed by atoms with E-state index in [1.807, 2.05) is 0 Å². The number of nitrogens with one attached hydrogen (secondary N) is 2. The van der Waals surface area contributed by atoms with Crippen LogP contribution in [0, 0.1) is 5.92 Å². The maximum absolute atomic E-state index is 11.7. The molecule has 1 fully saturated rings. The number of carboxylic acids is 1. The number of carbonyl (C=O) groups is 1. The van der Waals surface area contributed by atoms with Crippen molar-refractivity contribution in [2.45, 2.75) is 25.1 Å². The van der Waals surface area contributed by atoms with Crippen molar-refractivity contribution in [2.75, 3.05) is 24.6 Å². The Labute approximate surface area is 154 Å². The number of nitrogens with zero attached hydrogens (tertiary/aromatic N) is 2. The second kappa shape index (κ2) is 8.21. The Morgan fingerprint density at radius 2 is 2.27 bits per heavy atom. The monoisotopic (exact) mass is 381 g/mol. The number of fused-ring (bicyclic) bond motifs is 1. The van der Waals surface area contributed by atoms with Crippen LogP contribution in [0.5, 0.6) is 0 Å². The largest absolute Gasteiger partial charge is 0.480 e. The third kappa shape index (κ3) is 4.26. The fourth-order valence-corrected chi connectivity index (χ4v) is 4.39. The summed E-state index contributed by atoms with van der Waals surface area (Å²) in [5.74, 6) is 0.563. The van der Waals surface area contributed by atoms with Crippen LogP contribution in [0.25, 0.3) is 11.0 Å². The number of aromatic amines is 2. The van der Waals surface area contributed by atoms with Crippen LogP contribution in [0.2, 0.25) is 0 Å². The Balaban J connectivity index is 1.51. The minimum absolute atomic E-state index is 0.127. The highest BCUT2D eigenvalue weighted by Gasteiger charge is 2.31. The van der Waals surface area contributed by atoms with Crippen molar-refractivity contribution in [3.05, 3.63) is 28.4 Å². The van der Waals surface area contributed by atoms with Crippen LogP contribution in [0.1, 0.15) is 12.0 Å². The van der Waals surface area contributed by atoms with Gasteiger partial charge in [-0.05, 0) is 17.9 Å². The normalized spacial score (nSPS) is 22.1. The van der Waals surface area contributed by atoms with Gasteiger partial charge < -0.3 is 25.9 Å². The van der Waals surface area contributed by atoms with Crippen LogP contribution in [0.4, 0.5) is 0 Å². The van der Waals surface area contributed by atoms with Gasteiger partial charge in [0.1, 0.15) is 11.6 Å². The molecule has 142 valence electrons. The molecule has 10 heteroatoms. The van der Waals surface area contributed by atoms with E-state index in [9.17, 15) is 14.7 Å². The van der Waals surface area contributed by atoms with E-state index < -0.39 is 18.1 Å². The van der Waals surface area contributed by atoms with Gasteiger partial charge in [-0.3, -0.25) is 14.5 Å². The molecule has 0 spiro atoms. The first-order chi connectivity index (χ1) is 12.5. The Morgan fingerprint density at radius 1 is 1.46 bits per heavy atom. The van der Waals surface area contributed by atoms with Gasteiger partial charge in [-0.1, -0.05) is 0 Å². The zero-order chi connectivity index (χ0) is 18.7. The van der Waals surface area contributed by atoms with Crippen LogP contribution in [0.15, 0.2) is 17.3 Å². The average Bonchev–Trinajstić information content (AvgIpc) is 3.16. The predicted molar refractivity (Wildman–Crippen MR) is 99.0 cm³/mol. The molecule has 0 amide bonds. The number of β-amino-alcohol motifs (C(OH)–C–C–N with tert-alkyl or cyclic N) is 1. The van der Waals surface area contributed by atoms with E-state index >= 15 is 0 Å². The zero-order valence-electron chi connectivity index (χ0n) is 14.2. The molecule has 3 heterocycles. The first-order valence-corrected chi connectivity index (χ1v) is 9.61. The van der Waals surface area contributed by atoms with Gasteiger partial charge in [-0.15, -0.1) is 0 Å². The fourth-order valence-electron chi connectivity index (χ4n) is 3.17. The van der Waals surface area contributed by atoms with Gasteiger partial charge in [0.25, 0.3) is 5.56 Å². The predicted octanol–water partition coefficient (Wildman–Crippen LogP) is -0.421. The van der Waals surface area contributed by atoms with E-state index in [-0.39, 0.29) is 11.5 Å². The molecule has 2 aromatic rings. The molecular weight excluding hydrogens is 358 g/mol. The Bertz CT molecular complexity index is 822. The molecule has 0 saturated carbocycles. The Morgan fingerprint density at radius 3 is 3.04 bits per heavy atom. The van der Waals surface area contributed by atoms with E-state index in [1.54, 1.807) is 18.0 Å². The second-order valence-corrected chi connectivity index (χ2v) is 7.75. The van der Waals surface area contributed by atoms with Gasteiger partial charge in [-0.25, -0.2) is 4.98 Å². The third-order valence-electron chi connectivity index (χ3n) is 4.65. The van der Waals surface area contributed by atoms with Crippen molar-refractivity contribution in [1.82, 2.24) is 19.9 Å². The lowest BCUT2D eigenvalue weighted by Gasteiger charge is -2.15. The summed E-state index contributed by atoms with van der Waals surface area (Å²) in [7, 11) is 0.